The van der Waals surface area contributed by atoms with Gasteiger partial charge in [-0.25, -0.2) is 4.79 Å². The van der Waals surface area contributed by atoms with Gasteiger partial charge < -0.3 is 20.5 Å². The van der Waals surface area contributed by atoms with Gasteiger partial charge in [0.15, 0.2) is 0 Å². The molecular weight excluding hydrogens is 372 g/mol. The van der Waals surface area contributed by atoms with E-state index in [0.29, 0.717) is 0 Å². The van der Waals surface area contributed by atoms with Crippen molar-refractivity contribution in [3.8, 4) is 11.1 Å². The van der Waals surface area contributed by atoms with E-state index in [2.05, 4.69) is 22.8 Å². The molecule has 7 nitrogen and oxygen atoms in total. The molecule has 0 saturated heterocycles. The molecule has 0 fully saturated rings. The number of carbonyl (C=O) groups excluding carboxylic acids is 2. The van der Waals surface area contributed by atoms with Crippen LogP contribution in [0.2, 0.25) is 0 Å². The highest BCUT2D eigenvalue weighted by Gasteiger charge is 2.28. The summed E-state index contributed by atoms with van der Waals surface area (Å²) in [6, 6.07) is 15.7. The van der Waals surface area contributed by atoms with E-state index < -0.39 is 18.1 Å². The minimum atomic E-state index is -0.977. The maximum absolute atomic E-state index is 12.0. The minimum Gasteiger partial charge on any atom is -0.481 e. The Kier molecular flexibility index (Phi) is 6.49. The lowest BCUT2D eigenvalue weighted by molar-refractivity contribution is -0.137. The van der Waals surface area contributed by atoms with Crippen LogP contribution in [0.25, 0.3) is 11.1 Å². The van der Waals surface area contributed by atoms with Gasteiger partial charge in [-0.05, 0) is 29.2 Å². The highest BCUT2D eigenvalue weighted by molar-refractivity contribution is 5.79. The van der Waals surface area contributed by atoms with Crippen LogP contribution < -0.4 is 10.6 Å². The van der Waals surface area contributed by atoms with Crippen molar-refractivity contribution in [2.75, 3.05) is 13.2 Å². The lowest BCUT2D eigenvalue weighted by atomic mass is 9.98. The molecule has 1 aliphatic rings. The van der Waals surface area contributed by atoms with Gasteiger partial charge in [0.25, 0.3) is 0 Å². The number of ether oxygens (including phenoxy) is 1. The summed E-state index contributed by atoms with van der Waals surface area (Å²) in [5, 5.41) is 13.8. The van der Waals surface area contributed by atoms with Crippen molar-refractivity contribution in [1.29, 1.82) is 0 Å². The third-order valence-corrected chi connectivity index (χ3v) is 4.85. The first-order valence-corrected chi connectivity index (χ1v) is 9.55. The van der Waals surface area contributed by atoms with Gasteiger partial charge in [-0.3, -0.25) is 9.59 Å². The molecule has 0 heterocycles. The summed E-state index contributed by atoms with van der Waals surface area (Å²) in [4.78, 5) is 34.4. The van der Waals surface area contributed by atoms with Gasteiger partial charge in [0.05, 0.1) is 6.42 Å². The average Bonchev–Trinajstić information content (AvgIpc) is 2.99. The molecule has 2 aromatic rings. The smallest absolute Gasteiger partial charge is 0.407 e. The summed E-state index contributed by atoms with van der Waals surface area (Å²) < 4.78 is 5.40. The summed E-state index contributed by atoms with van der Waals surface area (Å²) in [7, 11) is 0. The van der Waals surface area contributed by atoms with E-state index in [1.54, 1.807) is 6.92 Å². The third-order valence-electron chi connectivity index (χ3n) is 4.85. The van der Waals surface area contributed by atoms with Gasteiger partial charge >= 0.3 is 12.1 Å². The van der Waals surface area contributed by atoms with Crippen molar-refractivity contribution in [3.05, 3.63) is 59.7 Å². The molecule has 0 radical (unpaired) electrons. The van der Waals surface area contributed by atoms with Gasteiger partial charge in [0, 0.05) is 24.9 Å². The number of carbonyl (C=O) groups is 3. The van der Waals surface area contributed by atoms with Crippen LogP contribution in [0, 0.1) is 0 Å². The number of rotatable bonds is 8. The molecule has 1 atom stereocenters. The van der Waals surface area contributed by atoms with E-state index in [0.717, 1.165) is 22.3 Å². The van der Waals surface area contributed by atoms with Crippen molar-refractivity contribution in [1.82, 2.24) is 10.6 Å². The monoisotopic (exact) mass is 396 g/mol. The molecule has 2 amide bonds. The van der Waals surface area contributed by atoms with Gasteiger partial charge in [-0.1, -0.05) is 48.5 Å². The molecule has 3 rings (SSSR count). The number of benzene rings is 2. The predicted octanol–water partition coefficient (Wildman–Crippen LogP) is 2.89. The first-order valence-electron chi connectivity index (χ1n) is 9.55. The number of alkyl carbamates (subject to hydrolysis) is 1. The quantitative estimate of drug-likeness (QED) is 0.636. The molecule has 29 heavy (non-hydrogen) atoms. The lowest BCUT2D eigenvalue weighted by Gasteiger charge is -2.15. The molecule has 0 saturated carbocycles. The number of aliphatic carboxylic acids is 1. The zero-order valence-corrected chi connectivity index (χ0v) is 16.2. The number of nitrogens with one attached hydrogen (secondary N) is 2. The molecule has 3 N–H and O–H groups in total. The summed E-state index contributed by atoms with van der Waals surface area (Å²) >= 11 is 0. The van der Waals surface area contributed by atoms with E-state index in [4.69, 9.17) is 9.84 Å². The van der Waals surface area contributed by atoms with Crippen molar-refractivity contribution in [2.24, 2.45) is 0 Å². The van der Waals surface area contributed by atoms with Crippen LogP contribution in [-0.2, 0) is 14.3 Å². The first kappa shape index (κ1) is 20.4. The fourth-order valence-corrected chi connectivity index (χ4v) is 3.59. The number of hydrogen-bond acceptors (Lipinski definition) is 4. The largest absolute Gasteiger partial charge is 0.481 e. The Hall–Kier alpha value is -3.35. The normalized spacial score (nSPS) is 13.1. The van der Waals surface area contributed by atoms with E-state index in [1.165, 1.54) is 0 Å². The van der Waals surface area contributed by atoms with Gasteiger partial charge in [-0.2, -0.15) is 0 Å². The Balaban J connectivity index is 1.47. The summed E-state index contributed by atoms with van der Waals surface area (Å²) in [5.74, 6) is -1.32. The van der Waals surface area contributed by atoms with Gasteiger partial charge in [0.1, 0.15) is 6.61 Å². The maximum Gasteiger partial charge on any atom is 0.407 e. The van der Waals surface area contributed by atoms with Crippen LogP contribution in [0.4, 0.5) is 4.79 Å². The molecule has 0 aromatic heterocycles. The van der Waals surface area contributed by atoms with E-state index in [1.807, 2.05) is 36.4 Å². The topological polar surface area (TPSA) is 105 Å². The second-order valence-electron chi connectivity index (χ2n) is 7.07. The Morgan fingerprint density at radius 3 is 2.21 bits per heavy atom. The molecule has 2 aromatic carbocycles. The van der Waals surface area contributed by atoms with Crippen molar-refractivity contribution >= 4 is 18.0 Å². The third kappa shape index (κ3) is 5.13. The summed E-state index contributed by atoms with van der Waals surface area (Å²) in [5.41, 5.74) is 4.58. The fraction of sp³-hybridized carbons (Fsp3) is 0.318. The van der Waals surface area contributed by atoms with Crippen LogP contribution in [0.3, 0.4) is 0 Å². The Bertz CT molecular complexity index is 866. The van der Waals surface area contributed by atoms with Crippen molar-refractivity contribution in [2.45, 2.75) is 31.7 Å². The average molecular weight is 396 g/mol. The number of fused-ring (bicyclic) bond motifs is 3. The van der Waals surface area contributed by atoms with Crippen LogP contribution in [0.15, 0.2) is 48.5 Å². The second-order valence-corrected chi connectivity index (χ2v) is 7.07. The highest BCUT2D eigenvalue weighted by Crippen LogP contribution is 2.44. The summed E-state index contributed by atoms with van der Waals surface area (Å²) in [6.45, 7) is 1.94. The number of amides is 2. The van der Waals surface area contributed by atoms with Crippen molar-refractivity contribution in [3.63, 3.8) is 0 Å². The van der Waals surface area contributed by atoms with Gasteiger partial charge in [0.2, 0.25) is 5.91 Å². The molecule has 7 heteroatoms. The van der Waals surface area contributed by atoms with Crippen LogP contribution in [0.5, 0.6) is 0 Å². The number of carboxylic acid groups (broad SMARTS) is 1. The van der Waals surface area contributed by atoms with E-state index in [9.17, 15) is 14.4 Å². The molecule has 0 spiro atoms. The molecule has 0 bridgehead atoms. The Morgan fingerprint density at radius 1 is 1.03 bits per heavy atom. The van der Waals surface area contributed by atoms with Crippen LogP contribution in [0.1, 0.15) is 36.8 Å². The molecular formula is C22H24N2O5. The summed E-state index contributed by atoms with van der Waals surface area (Å²) in [6.07, 6.45) is -0.682. The Morgan fingerprint density at radius 2 is 1.62 bits per heavy atom. The zero-order valence-electron chi connectivity index (χ0n) is 16.2. The number of carboxylic acids is 1. The predicted molar refractivity (Wildman–Crippen MR) is 108 cm³/mol. The SMILES string of the molecule is C[C@H](CC(=O)O)NC(=O)CCNC(=O)OCC1c2ccccc2-c2ccccc21. The van der Waals surface area contributed by atoms with Gasteiger partial charge in [-0.15, -0.1) is 0 Å². The van der Waals surface area contributed by atoms with Crippen molar-refractivity contribution < 1.29 is 24.2 Å². The highest BCUT2D eigenvalue weighted by atomic mass is 16.5. The standard InChI is InChI=1S/C22H24N2O5/c1-14(12-21(26)27)24-20(25)10-11-23-22(28)29-13-19-17-8-4-2-6-15(17)16-7-3-5-9-18(16)19/h2-9,14,19H,10-13H2,1H3,(H,23,28)(H,24,25)(H,26,27)/t14-/m1/s1. The van der Waals surface area contributed by atoms with E-state index in [-0.39, 0.29) is 37.8 Å². The maximum atomic E-state index is 12.0. The van der Waals surface area contributed by atoms with Crippen LogP contribution in [-0.4, -0.2) is 42.3 Å². The first-order chi connectivity index (χ1) is 14.0. The lowest BCUT2D eigenvalue weighted by Crippen LogP contribution is -2.36. The Labute approximate surface area is 169 Å². The minimum absolute atomic E-state index is 0.0201. The molecule has 0 unspecified atom stereocenters. The molecule has 0 aliphatic heterocycles. The van der Waals surface area contributed by atoms with E-state index >= 15 is 0 Å². The fourth-order valence-electron chi connectivity index (χ4n) is 3.59. The molecule has 1 aliphatic carbocycles. The van der Waals surface area contributed by atoms with Crippen LogP contribution >= 0.6 is 0 Å². The second kappa shape index (κ2) is 9.23. The number of hydrogen-bond donors (Lipinski definition) is 3. The zero-order chi connectivity index (χ0) is 20.8. The molecule has 152 valence electrons.